The van der Waals surface area contributed by atoms with Gasteiger partial charge < -0.3 is 14.8 Å². The summed E-state index contributed by atoms with van der Waals surface area (Å²) in [4.78, 5) is 13.1. The number of carbonyl (C=O) groups excluding carboxylic acids is 1. The minimum absolute atomic E-state index is 0.136. The van der Waals surface area contributed by atoms with Crippen LogP contribution in [0.2, 0.25) is 0 Å². The van der Waals surface area contributed by atoms with Crippen LogP contribution in [0.3, 0.4) is 0 Å². The van der Waals surface area contributed by atoms with Crippen molar-refractivity contribution in [2.45, 2.75) is 19.5 Å². The standard InChI is InChI=1S/C19H25N5O3/c1-3-27-17-11-7-5-9-15(17)20-19(25)14(18-21-23-24-22-18)12-13-8-4-6-10-16(13)26-2/h4-11,14,18,21-24H,3,12H2,1-2H3,(H,20,25). The van der Waals surface area contributed by atoms with E-state index in [2.05, 4.69) is 27.2 Å². The van der Waals surface area contributed by atoms with Crippen molar-refractivity contribution in [3.05, 3.63) is 54.1 Å². The molecule has 0 aliphatic carbocycles. The average Bonchev–Trinajstić information content (AvgIpc) is 3.22. The summed E-state index contributed by atoms with van der Waals surface area (Å²) >= 11 is 0. The second kappa shape index (κ2) is 9.33. The summed E-state index contributed by atoms with van der Waals surface area (Å²) in [6.07, 6.45) is 0.176. The first-order valence-electron chi connectivity index (χ1n) is 8.88. The molecule has 0 radical (unpaired) electrons. The molecular formula is C19H25N5O3. The van der Waals surface area contributed by atoms with Gasteiger partial charge in [-0.25, -0.2) is 10.9 Å². The van der Waals surface area contributed by atoms with E-state index >= 15 is 0 Å². The predicted octanol–water partition coefficient (Wildman–Crippen LogP) is 1.33. The van der Waals surface area contributed by atoms with Crippen molar-refractivity contribution in [2.24, 2.45) is 5.92 Å². The number of amides is 1. The zero-order valence-electron chi connectivity index (χ0n) is 15.4. The maximum Gasteiger partial charge on any atom is 0.230 e. The fraction of sp³-hybridized carbons (Fsp3) is 0.316. The van der Waals surface area contributed by atoms with E-state index in [1.165, 1.54) is 0 Å². The SMILES string of the molecule is CCOc1ccccc1NC(=O)C(Cc1ccccc1OC)C1NNNN1. The maximum absolute atomic E-state index is 13.1. The second-order valence-electron chi connectivity index (χ2n) is 6.06. The van der Waals surface area contributed by atoms with Gasteiger partial charge >= 0.3 is 0 Å². The van der Waals surface area contributed by atoms with E-state index in [0.29, 0.717) is 24.5 Å². The molecule has 0 spiro atoms. The number of nitrogens with one attached hydrogen (secondary N) is 5. The third kappa shape index (κ3) is 4.75. The average molecular weight is 371 g/mol. The highest BCUT2D eigenvalue weighted by Crippen LogP contribution is 2.27. The lowest BCUT2D eigenvalue weighted by Gasteiger charge is -2.23. The van der Waals surface area contributed by atoms with Crippen molar-refractivity contribution < 1.29 is 14.3 Å². The Balaban J connectivity index is 1.81. The van der Waals surface area contributed by atoms with E-state index < -0.39 is 5.92 Å². The second-order valence-corrected chi connectivity index (χ2v) is 6.06. The highest BCUT2D eigenvalue weighted by molar-refractivity contribution is 5.94. The highest BCUT2D eigenvalue weighted by atomic mass is 16.5. The van der Waals surface area contributed by atoms with Crippen LogP contribution >= 0.6 is 0 Å². The van der Waals surface area contributed by atoms with Gasteiger partial charge in [0.2, 0.25) is 5.91 Å². The molecule has 1 aliphatic rings. The fourth-order valence-corrected chi connectivity index (χ4v) is 3.01. The van der Waals surface area contributed by atoms with Crippen molar-refractivity contribution in [3.63, 3.8) is 0 Å². The van der Waals surface area contributed by atoms with Crippen molar-refractivity contribution in [2.75, 3.05) is 19.0 Å². The number of benzene rings is 2. The largest absolute Gasteiger partial charge is 0.496 e. The molecule has 0 aromatic heterocycles. The highest BCUT2D eigenvalue weighted by Gasteiger charge is 2.32. The van der Waals surface area contributed by atoms with Gasteiger partial charge in [-0.05, 0) is 37.1 Å². The van der Waals surface area contributed by atoms with Gasteiger partial charge in [0.05, 0.1) is 31.5 Å². The van der Waals surface area contributed by atoms with Crippen LogP contribution < -0.4 is 36.7 Å². The minimum atomic E-state index is -0.418. The van der Waals surface area contributed by atoms with E-state index in [4.69, 9.17) is 9.47 Å². The topological polar surface area (TPSA) is 95.7 Å². The predicted molar refractivity (Wildman–Crippen MR) is 103 cm³/mol. The number of anilines is 1. The van der Waals surface area contributed by atoms with Crippen LogP contribution in [0, 0.1) is 5.92 Å². The lowest BCUT2D eigenvalue weighted by atomic mass is 9.95. The van der Waals surface area contributed by atoms with Crippen LogP contribution in [0.15, 0.2) is 48.5 Å². The van der Waals surface area contributed by atoms with Gasteiger partial charge in [-0.2, -0.15) is 11.1 Å². The van der Waals surface area contributed by atoms with Crippen LogP contribution in [-0.4, -0.2) is 25.8 Å². The van der Waals surface area contributed by atoms with Crippen LogP contribution in [0.1, 0.15) is 12.5 Å². The third-order valence-corrected chi connectivity index (χ3v) is 4.33. The Kier molecular flexibility index (Phi) is 6.61. The molecule has 3 rings (SSSR count). The summed E-state index contributed by atoms with van der Waals surface area (Å²) < 4.78 is 11.0. The van der Waals surface area contributed by atoms with Gasteiger partial charge in [0, 0.05) is 0 Å². The van der Waals surface area contributed by atoms with E-state index in [0.717, 1.165) is 11.3 Å². The van der Waals surface area contributed by atoms with Crippen LogP contribution in [0.5, 0.6) is 11.5 Å². The van der Waals surface area contributed by atoms with Gasteiger partial charge in [0.25, 0.3) is 0 Å². The Hall–Kier alpha value is -2.65. The molecule has 144 valence electrons. The molecule has 1 unspecified atom stereocenters. The number of methoxy groups -OCH3 is 1. The first-order chi connectivity index (χ1) is 13.2. The molecule has 0 saturated carbocycles. The van der Waals surface area contributed by atoms with Crippen molar-refractivity contribution in [1.82, 2.24) is 21.9 Å². The molecule has 5 N–H and O–H groups in total. The Morgan fingerprint density at radius 1 is 1.07 bits per heavy atom. The Bertz CT molecular complexity index is 765. The molecule has 27 heavy (non-hydrogen) atoms. The zero-order valence-corrected chi connectivity index (χ0v) is 15.4. The normalized spacial score (nSPS) is 15.3. The van der Waals surface area contributed by atoms with Gasteiger partial charge in [-0.15, -0.1) is 0 Å². The van der Waals surface area contributed by atoms with Crippen molar-refractivity contribution >= 4 is 11.6 Å². The number of hydrogen-bond acceptors (Lipinski definition) is 7. The maximum atomic E-state index is 13.1. The van der Waals surface area contributed by atoms with Gasteiger partial charge in [-0.3, -0.25) is 4.79 Å². The summed E-state index contributed by atoms with van der Waals surface area (Å²) in [5.41, 5.74) is 13.2. The first kappa shape index (κ1) is 19.1. The fourth-order valence-electron chi connectivity index (χ4n) is 3.01. The Morgan fingerprint density at radius 2 is 1.74 bits per heavy atom. The monoisotopic (exact) mass is 371 g/mol. The number of rotatable bonds is 8. The van der Waals surface area contributed by atoms with E-state index in [-0.39, 0.29) is 12.1 Å². The number of hydrogen-bond donors (Lipinski definition) is 5. The quantitative estimate of drug-likeness (QED) is 0.478. The van der Waals surface area contributed by atoms with Crippen LogP contribution in [0.4, 0.5) is 5.69 Å². The van der Waals surface area contributed by atoms with E-state index in [1.54, 1.807) is 7.11 Å². The van der Waals surface area contributed by atoms with Crippen LogP contribution in [0.25, 0.3) is 0 Å². The van der Waals surface area contributed by atoms with Gasteiger partial charge in [0.1, 0.15) is 11.5 Å². The zero-order chi connectivity index (χ0) is 19.1. The van der Waals surface area contributed by atoms with Crippen molar-refractivity contribution in [1.29, 1.82) is 0 Å². The molecule has 2 aromatic rings. The molecular weight excluding hydrogens is 346 g/mol. The summed E-state index contributed by atoms with van der Waals surface area (Å²) in [5.74, 6) is 0.846. The molecule has 1 aliphatic heterocycles. The molecule has 1 saturated heterocycles. The molecule has 0 bridgehead atoms. The number of hydrazine groups is 3. The Morgan fingerprint density at radius 3 is 2.44 bits per heavy atom. The summed E-state index contributed by atoms with van der Waals surface area (Å²) in [6, 6.07) is 15.1. The molecule has 1 heterocycles. The molecule has 1 amide bonds. The van der Waals surface area contributed by atoms with Gasteiger partial charge in [0.15, 0.2) is 0 Å². The Labute approximate surface area is 158 Å². The molecule has 2 aromatic carbocycles. The summed E-state index contributed by atoms with van der Waals surface area (Å²) in [7, 11) is 1.63. The van der Waals surface area contributed by atoms with E-state index in [1.807, 2.05) is 55.5 Å². The summed E-state index contributed by atoms with van der Waals surface area (Å²) in [6.45, 7) is 2.43. The third-order valence-electron chi connectivity index (χ3n) is 4.33. The number of para-hydroxylation sites is 3. The number of ether oxygens (including phenoxy) is 2. The lowest BCUT2D eigenvalue weighted by Crippen LogP contribution is -2.47. The molecule has 8 nitrogen and oxygen atoms in total. The smallest absolute Gasteiger partial charge is 0.230 e. The van der Waals surface area contributed by atoms with E-state index in [9.17, 15) is 4.79 Å². The molecule has 1 fully saturated rings. The minimum Gasteiger partial charge on any atom is -0.496 e. The first-order valence-corrected chi connectivity index (χ1v) is 8.88. The van der Waals surface area contributed by atoms with Gasteiger partial charge in [-0.1, -0.05) is 30.3 Å². The van der Waals surface area contributed by atoms with Crippen LogP contribution in [-0.2, 0) is 11.2 Å². The lowest BCUT2D eigenvalue weighted by molar-refractivity contribution is -0.120. The molecule has 1 atom stereocenters. The molecule has 8 heteroatoms. The summed E-state index contributed by atoms with van der Waals surface area (Å²) in [5, 5.41) is 2.99. The number of carbonyl (C=O) groups is 1. The van der Waals surface area contributed by atoms with Crippen molar-refractivity contribution in [3.8, 4) is 11.5 Å².